The van der Waals surface area contributed by atoms with E-state index in [-0.39, 0.29) is 0 Å². The van der Waals surface area contributed by atoms with Crippen molar-refractivity contribution in [1.82, 2.24) is 4.98 Å². The van der Waals surface area contributed by atoms with Gasteiger partial charge in [-0.1, -0.05) is 0 Å². The highest BCUT2D eigenvalue weighted by molar-refractivity contribution is 5.75. The molecule has 0 unspecified atom stereocenters. The molecule has 1 atom stereocenters. The van der Waals surface area contributed by atoms with E-state index in [0.717, 1.165) is 0 Å². The van der Waals surface area contributed by atoms with Crippen LogP contribution in [-0.4, -0.2) is 16.1 Å². The molecule has 0 fully saturated rings. The van der Waals surface area contributed by atoms with Crippen molar-refractivity contribution in [3.8, 4) is 0 Å². The smallest absolute Gasteiger partial charge is 0.325 e. The molecule has 1 rings (SSSR count). The van der Waals surface area contributed by atoms with Crippen molar-refractivity contribution in [3.63, 3.8) is 0 Å². The Hall–Kier alpha value is -1.42. The van der Waals surface area contributed by atoms with E-state index in [4.69, 9.17) is 10.8 Å². The van der Waals surface area contributed by atoms with Crippen LogP contribution in [0.25, 0.3) is 0 Å². The molecule has 0 radical (unpaired) electrons. The highest BCUT2D eigenvalue weighted by Crippen LogP contribution is 2.07. The molecule has 58 valence electrons. The number of aromatic nitrogens is 1. The monoisotopic (exact) mass is 152 g/mol. The second-order valence-electron chi connectivity index (χ2n) is 2.10. The number of nitrogens with two attached hydrogens (primary N) is 1. The number of nitrogens with zero attached hydrogens (tertiary/aromatic N) is 1. The molecule has 4 heteroatoms. The largest absolute Gasteiger partial charge is 0.480 e. The number of pyridine rings is 1. The van der Waals surface area contributed by atoms with Crippen molar-refractivity contribution in [3.05, 3.63) is 30.1 Å². The average Bonchev–Trinajstić information content (AvgIpc) is 2.05. The first-order chi connectivity index (χ1) is 5.22. The van der Waals surface area contributed by atoms with Crippen LogP contribution in [0.4, 0.5) is 0 Å². The number of carboxylic acid groups (broad SMARTS) is 1. The van der Waals surface area contributed by atoms with Crippen LogP contribution in [0, 0.1) is 0 Å². The molecule has 1 aromatic rings. The van der Waals surface area contributed by atoms with E-state index in [1.807, 2.05) is 0 Å². The lowest BCUT2D eigenvalue weighted by Crippen LogP contribution is -2.20. The van der Waals surface area contributed by atoms with Gasteiger partial charge in [0.1, 0.15) is 6.04 Å². The predicted molar refractivity (Wildman–Crippen MR) is 38.8 cm³/mol. The minimum absolute atomic E-state index is 0.563. The summed E-state index contributed by atoms with van der Waals surface area (Å²) in [4.78, 5) is 14.1. The summed E-state index contributed by atoms with van der Waals surface area (Å²) in [7, 11) is 0. The molecule has 0 saturated carbocycles. The molecule has 4 nitrogen and oxygen atoms in total. The SMILES string of the molecule is N[C@H](C(=O)O)c1ccncc1. The van der Waals surface area contributed by atoms with Crippen molar-refractivity contribution < 1.29 is 9.90 Å². The van der Waals surface area contributed by atoms with E-state index in [1.165, 1.54) is 12.4 Å². The van der Waals surface area contributed by atoms with Crippen LogP contribution in [-0.2, 0) is 4.79 Å². The van der Waals surface area contributed by atoms with Gasteiger partial charge in [0.2, 0.25) is 0 Å². The van der Waals surface area contributed by atoms with Crippen molar-refractivity contribution >= 4 is 5.97 Å². The van der Waals surface area contributed by atoms with Crippen LogP contribution < -0.4 is 5.73 Å². The average molecular weight is 152 g/mol. The fraction of sp³-hybridized carbons (Fsp3) is 0.143. The molecule has 0 aliphatic rings. The molecule has 0 amide bonds. The van der Waals surface area contributed by atoms with Crippen molar-refractivity contribution in [2.45, 2.75) is 6.04 Å². The van der Waals surface area contributed by atoms with Gasteiger partial charge in [0.15, 0.2) is 0 Å². The molecule has 0 bridgehead atoms. The topological polar surface area (TPSA) is 76.2 Å². The van der Waals surface area contributed by atoms with E-state index in [9.17, 15) is 4.79 Å². The van der Waals surface area contributed by atoms with Crippen LogP contribution in [0.3, 0.4) is 0 Å². The summed E-state index contributed by atoms with van der Waals surface area (Å²) >= 11 is 0. The second kappa shape index (κ2) is 3.12. The van der Waals surface area contributed by atoms with Gasteiger partial charge in [-0.3, -0.25) is 9.78 Å². The predicted octanol–water partition coefficient (Wildman–Crippen LogP) is 0.166. The van der Waals surface area contributed by atoms with Gasteiger partial charge < -0.3 is 10.8 Å². The zero-order chi connectivity index (χ0) is 8.27. The molecule has 1 heterocycles. The minimum Gasteiger partial charge on any atom is -0.480 e. The number of rotatable bonds is 2. The highest BCUT2D eigenvalue weighted by atomic mass is 16.4. The molecule has 0 saturated heterocycles. The van der Waals surface area contributed by atoms with Crippen molar-refractivity contribution in [2.24, 2.45) is 5.73 Å². The normalized spacial score (nSPS) is 12.5. The number of hydrogen-bond donors (Lipinski definition) is 2. The molecule has 0 spiro atoms. The molecule has 11 heavy (non-hydrogen) atoms. The summed E-state index contributed by atoms with van der Waals surface area (Å²) in [5.41, 5.74) is 5.87. The van der Waals surface area contributed by atoms with Crippen LogP contribution in [0.15, 0.2) is 24.5 Å². The van der Waals surface area contributed by atoms with Crippen LogP contribution >= 0.6 is 0 Å². The first-order valence-corrected chi connectivity index (χ1v) is 3.10. The molecule has 1 aromatic heterocycles. The Morgan fingerprint density at radius 3 is 2.55 bits per heavy atom. The first-order valence-electron chi connectivity index (χ1n) is 3.10. The Labute approximate surface area is 63.7 Å². The number of carboxylic acids is 1. The van der Waals surface area contributed by atoms with E-state index in [0.29, 0.717) is 5.56 Å². The zero-order valence-electron chi connectivity index (χ0n) is 5.77. The summed E-state index contributed by atoms with van der Waals surface area (Å²) in [6, 6.07) is 2.22. The third-order valence-electron chi connectivity index (χ3n) is 1.33. The standard InChI is InChI=1S/C7H8N2O2/c8-6(7(10)11)5-1-3-9-4-2-5/h1-4,6H,8H2,(H,10,11)/t6-/m0/s1. The molecule has 0 aliphatic carbocycles. The van der Waals surface area contributed by atoms with Gasteiger partial charge in [0, 0.05) is 12.4 Å². The fourth-order valence-corrected chi connectivity index (χ4v) is 0.713. The van der Waals surface area contributed by atoms with Gasteiger partial charge in [-0.15, -0.1) is 0 Å². The van der Waals surface area contributed by atoms with E-state index < -0.39 is 12.0 Å². The maximum Gasteiger partial charge on any atom is 0.325 e. The zero-order valence-corrected chi connectivity index (χ0v) is 5.77. The van der Waals surface area contributed by atoms with Gasteiger partial charge in [-0.2, -0.15) is 0 Å². The second-order valence-corrected chi connectivity index (χ2v) is 2.10. The highest BCUT2D eigenvalue weighted by Gasteiger charge is 2.12. The Morgan fingerprint density at radius 1 is 1.55 bits per heavy atom. The minimum atomic E-state index is -1.03. The lowest BCUT2D eigenvalue weighted by Gasteiger charge is -2.04. The van der Waals surface area contributed by atoms with E-state index in [2.05, 4.69) is 4.98 Å². The summed E-state index contributed by atoms with van der Waals surface area (Å²) in [5, 5.41) is 8.49. The third-order valence-corrected chi connectivity index (χ3v) is 1.33. The maximum atomic E-state index is 10.4. The van der Waals surface area contributed by atoms with Crippen LogP contribution in [0.5, 0.6) is 0 Å². The van der Waals surface area contributed by atoms with Crippen LogP contribution in [0.1, 0.15) is 11.6 Å². The molecular formula is C7H8N2O2. The van der Waals surface area contributed by atoms with Gasteiger partial charge in [-0.25, -0.2) is 0 Å². The maximum absolute atomic E-state index is 10.4. The Bertz CT molecular complexity index is 248. The molecule has 0 aliphatic heterocycles. The van der Waals surface area contributed by atoms with E-state index >= 15 is 0 Å². The summed E-state index contributed by atoms with van der Waals surface area (Å²) in [6.45, 7) is 0. The Balaban J connectivity index is 2.85. The van der Waals surface area contributed by atoms with Gasteiger partial charge in [0.25, 0.3) is 0 Å². The molecule has 0 aromatic carbocycles. The van der Waals surface area contributed by atoms with Crippen molar-refractivity contribution in [2.75, 3.05) is 0 Å². The fourth-order valence-electron chi connectivity index (χ4n) is 0.713. The van der Waals surface area contributed by atoms with Gasteiger partial charge >= 0.3 is 5.97 Å². The Morgan fingerprint density at radius 2 is 2.09 bits per heavy atom. The lowest BCUT2D eigenvalue weighted by atomic mass is 10.1. The quantitative estimate of drug-likeness (QED) is 0.633. The molecule has 3 N–H and O–H groups in total. The first kappa shape index (κ1) is 7.68. The van der Waals surface area contributed by atoms with E-state index in [1.54, 1.807) is 12.1 Å². The third kappa shape index (κ3) is 1.75. The lowest BCUT2D eigenvalue weighted by molar-refractivity contribution is -0.138. The van der Waals surface area contributed by atoms with Crippen molar-refractivity contribution in [1.29, 1.82) is 0 Å². The molecular weight excluding hydrogens is 144 g/mol. The number of carbonyl (C=O) groups is 1. The van der Waals surface area contributed by atoms with Gasteiger partial charge in [0.05, 0.1) is 0 Å². The Kier molecular flexibility index (Phi) is 2.18. The van der Waals surface area contributed by atoms with Crippen LogP contribution in [0.2, 0.25) is 0 Å². The summed E-state index contributed by atoms with van der Waals surface area (Å²) < 4.78 is 0. The summed E-state index contributed by atoms with van der Waals surface area (Å²) in [6.07, 6.45) is 3.02. The number of aliphatic carboxylic acids is 1. The number of hydrogen-bond acceptors (Lipinski definition) is 3. The summed E-state index contributed by atoms with van der Waals surface area (Å²) in [5.74, 6) is -1.03. The van der Waals surface area contributed by atoms with Gasteiger partial charge in [-0.05, 0) is 17.7 Å².